The molecule has 1 fully saturated rings. The van der Waals surface area contributed by atoms with Crippen molar-refractivity contribution in [1.82, 2.24) is 0 Å². The summed E-state index contributed by atoms with van der Waals surface area (Å²) in [5.74, 6) is -2.56. The number of carbonyl (C=O) groups excluding carboxylic acids is 4. The van der Waals surface area contributed by atoms with Gasteiger partial charge >= 0.3 is 23.9 Å². The van der Waals surface area contributed by atoms with E-state index in [1.807, 2.05) is 0 Å². The topological polar surface area (TPSA) is 114 Å². The van der Waals surface area contributed by atoms with Crippen LogP contribution in [0.25, 0.3) is 0 Å². The first kappa shape index (κ1) is 17.9. The van der Waals surface area contributed by atoms with Crippen molar-refractivity contribution in [3.63, 3.8) is 0 Å². The summed E-state index contributed by atoms with van der Waals surface area (Å²) in [6.07, 6.45) is -4.40. The molecule has 0 aliphatic carbocycles. The van der Waals surface area contributed by atoms with Crippen LogP contribution in [0, 0.1) is 0 Å². The van der Waals surface area contributed by atoms with E-state index in [2.05, 4.69) is 0 Å². The first-order valence-electron chi connectivity index (χ1n) is 6.51. The molecule has 0 aromatic heterocycles. The van der Waals surface area contributed by atoms with Gasteiger partial charge < -0.3 is 23.7 Å². The lowest BCUT2D eigenvalue weighted by Gasteiger charge is -2.22. The maximum absolute atomic E-state index is 11.2. The molecule has 0 amide bonds. The predicted molar refractivity (Wildman–Crippen MR) is 68.2 cm³/mol. The third-order valence-corrected chi connectivity index (χ3v) is 2.60. The molecule has 0 N–H and O–H groups in total. The van der Waals surface area contributed by atoms with Gasteiger partial charge in [0.15, 0.2) is 6.10 Å². The van der Waals surface area contributed by atoms with Gasteiger partial charge in [-0.3, -0.25) is 19.2 Å². The van der Waals surface area contributed by atoms with Gasteiger partial charge in [-0.05, 0) is 0 Å². The molecule has 22 heavy (non-hydrogen) atoms. The van der Waals surface area contributed by atoms with Crippen LogP contribution in [0.4, 0.5) is 0 Å². The summed E-state index contributed by atoms with van der Waals surface area (Å²) in [6, 6.07) is 0. The molecular weight excluding hydrogens is 300 g/mol. The Bertz CT molecular complexity index is 458. The highest BCUT2D eigenvalue weighted by Gasteiger charge is 2.51. The van der Waals surface area contributed by atoms with Gasteiger partial charge in [-0.1, -0.05) is 0 Å². The highest BCUT2D eigenvalue weighted by molar-refractivity contribution is 5.68. The molecule has 9 nitrogen and oxygen atoms in total. The van der Waals surface area contributed by atoms with Gasteiger partial charge in [-0.15, -0.1) is 0 Å². The molecular formula is C13H18O9. The van der Waals surface area contributed by atoms with Crippen molar-refractivity contribution in [2.24, 2.45) is 0 Å². The molecule has 0 spiro atoms. The Morgan fingerprint density at radius 1 is 0.773 bits per heavy atom. The first-order chi connectivity index (χ1) is 10.2. The maximum Gasteiger partial charge on any atom is 0.305 e. The number of rotatable bonds is 5. The van der Waals surface area contributed by atoms with E-state index in [4.69, 9.17) is 23.7 Å². The van der Waals surface area contributed by atoms with E-state index in [0.29, 0.717) is 0 Å². The predicted octanol–water partition coefficient (Wildman–Crippen LogP) is -0.299. The van der Waals surface area contributed by atoms with E-state index in [0.717, 1.165) is 20.8 Å². The molecule has 0 aromatic carbocycles. The van der Waals surface area contributed by atoms with E-state index in [-0.39, 0.29) is 6.61 Å². The number of carbonyl (C=O) groups is 4. The Hall–Kier alpha value is -2.16. The zero-order valence-electron chi connectivity index (χ0n) is 12.7. The lowest BCUT2D eigenvalue weighted by Crippen LogP contribution is -2.42. The Morgan fingerprint density at radius 2 is 1.27 bits per heavy atom. The fraction of sp³-hybridized carbons (Fsp3) is 0.692. The van der Waals surface area contributed by atoms with E-state index in [1.54, 1.807) is 0 Å². The quantitative estimate of drug-likeness (QED) is 0.497. The number of ether oxygens (including phenoxy) is 5. The second-order valence-corrected chi connectivity index (χ2v) is 4.60. The molecule has 0 radical (unpaired) electrons. The van der Waals surface area contributed by atoms with Gasteiger partial charge in [0, 0.05) is 27.7 Å². The highest BCUT2D eigenvalue weighted by atomic mass is 16.8. The van der Waals surface area contributed by atoms with Crippen LogP contribution in [-0.2, 0) is 42.9 Å². The molecule has 9 heteroatoms. The third kappa shape index (κ3) is 5.32. The monoisotopic (exact) mass is 318 g/mol. The fourth-order valence-corrected chi connectivity index (χ4v) is 1.93. The fourth-order valence-electron chi connectivity index (χ4n) is 1.93. The molecule has 1 aliphatic rings. The van der Waals surface area contributed by atoms with Crippen LogP contribution in [0.5, 0.6) is 0 Å². The lowest BCUT2D eigenvalue weighted by atomic mass is 10.1. The van der Waals surface area contributed by atoms with Gasteiger partial charge in [-0.25, -0.2) is 0 Å². The molecule has 1 heterocycles. The molecule has 4 atom stereocenters. The summed E-state index contributed by atoms with van der Waals surface area (Å²) in [7, 11) is 0. The Kier molecular flexibility index (Phi) is 6.29. The average Bonchev–Trinajstić information content (AvgIpc) is 2.63. The zero-order valence-corrected chi connectivity index (χ0v) is 12.7. The number of hydrogen-bond acceptors (Lipinski definition) is 9. The van der Waals surface area contributed by atoms with Gasteiger partial charge in [-0.2, -0.15) is 0 Å². The van der Waals surface area contributed by atoms with Crippen LogP contribution < -0.4 is 0 Å². The maximum atomic E-state index is 11.2. The Morgan fingerprint density at radius 3 is 1.73 bits per heavy atom. The molecule has 0 bridgehead atoms. The zero-order chi connectivity index (χ0) is 16.9. The van der Waals surface area contributed by atoms with E-state index in [9.17, 15) is 19.2 Å². The van der Waals surface area contributed by atoms with Gasteiger partial charge in [0.25, 0.3) is 0 Å². The normalized spacial score (nSPS) is 26.9. The van der Waals surface area contributed by atoms with Crippen molar-refractivity contribution in [2.75, 3.05) is 6.61 Å². The average molecular weight is 318 g/mol. The van der Waals surface area contributed by atoms with Crippen LogP contribution in [-0.4, -0.2) is 55.1 Å². The summed E-state index contributed by atoms with van der Waals surface area (Å²) < 4.78 is 25.2. The molecule has 124 valence electrons. The van der Waals surface area contributed by atoms with E-state index >= 15 is 0 Å². The van der Waals surface area contributed by atoms with Crippen molar-refractivity contribution in [3.8, 4) is 0 Å². The summed E-state index contributed by atoms with van der Waals surface area (Å²) >= 11 is 0. The van der Waals surface area contributed by atoms with Gasteiger partial charge in [0.1, 0.15) is 12.7 Å². The van der Waals surface area contributed by atoms with E-state index in [1.165, 1.54) is 6.92 Å². The summed E-state index contributed by atoms with van der Waals surface area (Å²) in [6.45, 7) is 4.40. The summed E-state index contributed by atoms with van der Waals surface area (Å²) in [5, 5.41) is 0. The third-order valence-electron chi connectivity index (χ3n) is 2.60. The molecule has 0 unspecified atom stereocenters. The minimum absolute atomic E-state index is 0.247. The standard InChI is InChI=1S/C13H18O9/c1-6(14)18-5-10-11(19-7(2)15)12(20-8(3)16)13(22-10)21-9(4)17/h10-13H,5H2,1-4H3/t10-,11-,12+,13-/m1/s1. The Balaban J connectivity index is 2.94. The number of esters is 4. The molecule has 0 aromatic rings. The molecule has 1 saturated heterocycles. The molecule has 1 aliphatic heterocycles. The van der Waals surface area contributed by atoms with Crippen LogP contribution in [0.1, 0.15) is 27.7 Å². The van der Waals surface area contributed by atoms with Gasteiger partial charge in [0.05, 0.1) is 0 Å². The SMILES string of the molecule is CC(=O)OC[C@H]1O[C@@H](OC(C)=O)[C@@H](OC(C)=O)[C@@H]1OC(C)=O. The summed E-state index contributed by atoms with van der Waals surface area (Å²) in [5.41, 5.74) is 0. The highest BCUT2D eigenvalue weighted by Crippen LogP contribution is 2.28. The smallest absolute Gasteiger partial charge is 0.305 e. The minimum Gasteiger partial charge on any atom is -0.463 e. The first-order valence-corrected chi connectivity index (χ1v) is 6.51. The van der Waals surface area contributed by atoms with Crippen molar-refractivity contribution < 1.29 is 42.9 Å². The largest absolute Gasteiger partial charge is 0.463 e. The lowest BCUT2D eigenvalue weighted by molar-refractivity contribution is -0.197. The second-order valence-electron chi connectivity index (χ2n) is 4.60. The van der Waals surface area contributed by atoms with Crippen molar-refractivity contribution in [1.29, 1.82) is 0 Å². The van der Waals surface area contributed by atoms with Crippen molar-refractivity contribution in [2.45, 2.75) is 52.3 Å². The summed E-state index contributed by atoms with van der Waals surface area (Å²) in [4.78, 5) is 44.4. The molecule has 0 saturated carbocycles. The van der Waals surface area contributed by atoms with Crippen LogP contribution >= 0.6 is 0 Å². The van der Waals surface area contributed by atoms with Crippen LogP contribution in [0.3, 0.4) is 0 Å². The number of hydrogen-bond donors (Lipinski definition) is 0. The van der Waals surface area contributed by atoms with Crippen molar-refractivity contribution in [3.05, 3.63) is 0 Å². The molecule has 1 rings (SSSR count). The minimum atomic E-state index is -1.26. The van der Waals surface area contributed by atoms with Crippen molar-refractivity contribution >= 4 is 23.9 Å². The van der Waals surface area contributed by atoms with Gasteiger partial charge in [0.2, 0.25) is 12.4 Å². The van der Waals surface area contributed by atoms with E-state index < -0.39 is 48.5 Å². The Labute approximate surface area is 126 Å². The van der Waals surface area contributed by atoms with Crippen LogP contribution in [0.2, 0.25) is 0 Å². The second kappa shape index (κ2) is 7.74. The van der Waals surface area contributed by atoms with Crippen LogP contribution in [0.15, 0.2) is 0 Å².